The van der Waals surface area contributed by atoms with Gasteiger partial charge in [0, 0.05) is 45.2 Å². The molecule has 0 aromatic heterocycles. The van der Waals surface area contributed by atoms with Crippen LogP contribution in [0.5, 0.6) is 0 Å². The minimum absolute atomic E-state index is 0.157. The molecule has 1 unspecified atom stereocenters. The Hall–Kier alpha value is -0.610. The molecule has 4 heteroatoms. The maximum atomic E-state index is 11.3. The van der Waals surface area contributed by atoms with Gasteiger partial charge in [-0.1, -0.05) is 20.8 Å². The largest absolute Gasteiger partial charge is 0.355 e. The predicted molar refractivity (Wildman–Crippen MR) is 71.0 cm³/mol. The van der Waals surface area contributed by atoms with Crippen LogP contribution in [0.25, 0.3) is 0 Å². The van der Waals surface area contributed by atoms with Crippen molar-refractivity contribution in [2.24, 2.45) is 5.92 Å². The number of nitrogens with zero attached hydrogens (tertiary/aromatic N) is 2. The number of piperazine rings is 1. The number of carbonyl (C=O) groups excluding carboxylic acids is 1. The third-order valence-electron chi connectivity index (χ3n) is 3.61. The summed E-state index contributed by atoms with van der Waals surface area (Å²) in [5.74, 6) is 0.736. The van der Waals surface area contributed by atoms with Crippen molar-refractivity contribution in [3.05, 3.63) is 0 Å². The van der Waals surface area contributed by atoms with Gasteiger partial charge in [0.15, 0.2) is 0 Å². The third-order valence-corrected chi connectivity index (χ3v) is 3.61. The zero-order valence-corrected chi connectivity index (χ0v) is 11.7. The Morgan fingerprint density at radius 3 is 2.29 bits per heavy atom. The van der Waals surface area contributed by atoms with Crippen LogP contribution in [0.1, 0.15) is 27.2 Å². The molecule has 1 aliphatic heterocycles. The Balaban J connectivity index is 2.45. The molecule has 1 atom stereocenters. The van der Waals surface area contributed by atoms with E-state index in [0.29, 0.717) is 18.4 Å². The molecule has 0 bridgehead atoms. The second-order valence-corrected chi connectivity index (χ2v) is 5.31. The molecule has 4 nitrogen and oxygen atoms in total. The summed E-state index contributed by atoms with van der Waals surface area (Å²) in [5, 5.41) is 3.03. The van der Waals surface area contributed by atoms with Crippen LogP contribution in [0.2, 0.25) is 0 Å². The topological polar surface area (TPSA) is 35.6 Å². The molecule has 0 radical (unpaired) electrons. The fourth-order valence-corrected chi connectivity index (χ4v) is 2.28. The Kier molecular flexibility index (Phi) is 5.92. The summed E-state index contributed by atoms with van der Waals surface area (Å²) in [6.07, 6.45) is 0.577. The molecule has 100 valence electrons. The first kappa shape index (κ1) is 14.5. The van der Waals surface area contributed by atoms with E-state index in [9.17, 15) is 4.79 Å². The van der Waals surface area contributed by atoms with Gasteiger partial charge in [-0.05, 0) is 13.0 Å². The number of amides is 1. The maximum Gasteiger partial charge on any atom is 0.219 e. The summed E-state index contributed by atoms with van der Waals surface area (Å²) in [6, 6.07) is 0.471. The van der Waals surface area contributed by atoms with Gasteiger partial charge >= 0.3 is 0 Å². The summed E-state index contributed by atoms with van der Waals surface area (Å²) in [5.41, 5.74) is 0. The molecule has 1 rings (SSSR count). The van der Waals surface area contributed by atoms with Crippen LogP contribution in [0, 0.1) is 5.92 Å². The average Bonchev–Trinajstić information content (AvgIpc) is 2.31. The third kappa shape index (κ3) is 4.64. The van der Waals surface area contributed by atoms with Gasteiger partial charge in [-0.2, -0.15) is 0 Å². The minimum Gasteiger partial charge on any atom is -0.355 e. The van der Waals surface area contributed by atoms with Crippen LogP contribution >= 0.6 is 0 Å². The lowest BCUT2D eigenvalue weighted by Crippen LogP contribution is -2.54. The van der Waals surface area contributed by atoms with Crippen molar-refractivity contribution >= 4 is 5.91 Å². The van der Waals surface area contributed by atoms with Gasteiger partial charge in [0.25, 0.3) is 0 Å². The normalized spacial score (nSPS) is 20.5. The molecular formula is C13H27N3O. The van der Waals surface area contributed by atoms with Gasteiger partial charge in [-0.3, -0.25) is 9.69 Å². The number of nitrogens with one attached hydrogen (secondary N) is 1. The van der Waals surface area contributed by atoms with E-state index in [1.165, 1.54) is 0 Å². The summed E-state index contributed by atoms with van der Waals surface area (Å²) < 4.78 is 0. The summed E-state index contributed by atoms with van der Waals surface area (Å²) in [6.45, 7) is 11.6. The van der Waals surface area contributed by atoms with E-state index in [0.717, 1.165) is 32.7 Å². The summed E-state index contributed by atoms with van der Waals surface area (Å²) in [7, 11) is 2.17. The molecule has 0 aliphatic carbocycles. The second-order valence-electron chi connectivity index (χ2n) is 5.31. The van der Waals surface area contributed by atoms with E-state index >= 15 is 0 Å². The van der Waals surface area contributed by atoms with Gasteiger partial charge in [0.1, 0.15) is 0 Å². The standard InChI is InChI=1S/C13H27N3O/c1-5-13(17)14-10-12(11(2)3)16-8-6-15(4)7-9-16/h11-12H,5-10H2,1-4H3,(H,14,17). The summed E-state index contributed by atoms with van der Waals surface area (Å²) in [4.78, 5) is 16.2. The van der Waals surface area contributed by atoms with Crippen molar-refractivity contribution in [3.63, 3.8) is 0 Å². The number of hydrogen-bond donors (Lipinski definition) is 1. The van der Waals surface area contributed by atoms with E-state index in [4.69, 9.17) is 0 Å². The highest BCUT2D eigenvalue weighted by Crippen LogP contribution is 2.12. The van der Waals surface area contributed by atoms with Crippen LogP contribution < -0.4 is 5.32 Å². The Labute approximate surface area is 105 Å². The smallest absolute Gasteiger partial charge is 0.219 e. The zero-order chi connectivity index (χ0) is 12.8. The van der Waals surface area contributed by atoms with E-state index in [1.54, 1.807) is 0 Å². The Bertz CT molecular complexity index is 235. The van der Waals surface area contributed by atoms with E-state index in [1.807, 2.05) is 6.92 Å². The quantitative estimate of drug-likeness (QED) is 0.773. The van der Waals surface area contributed by atoms with Gasteiger partial charge in [0.05, 0.1) is 0 Å². The van der Waals surface area contributed by atoms with Crippen molar-refractivity contribution in [2.75, 3.05) is 39.8 Å². The highest BCUT2D eigenvalue weighted by Gasteiger charge is 2.24. The zero-order valence-electron chi connectivity index (χ0n) is 11.7. The highest BCUT2D eigenvalue weighted by atomic mass is 16.1. The molecular weight excluding hydrogens is 214 g/mol. The molecule has 1 aliphatic rings. The van der Waals surface area contributed by atoms with Gasteiger partial charge < -0.3 is 10.2 Å². The lowest BCUT2D eigenvalue weighted by Gasteiger charge is -2.39. The molecule has 0 spiro atoms. The van der Waals surface area contributed by atoms with Gasteiger partial charge in [0.2, 0.25) is 5.91 Å². The first-order chi connectivity index (χ1) is 8.04. The highest BCUT2D eigenvalue weighted by molar-refractivity contribution is 5.75. The number of hydrogen-bond acceptors (Lipinski definition) is 3. The molecule has 17 heavy (non-hydrogen) atoms. The second kappa shape index (κ2) is 6.97. The average molecular weight is 241 g/mol. The van der Waals surface area contributed by atoms with Crippen LogP contribution in [0.4, 0.5) is 0 Å². The summed E-state index contributed by atoms with van der Waals surface area (Å²) >= 11 is 0. The lowest BCUT2D eigenvalue weighted by atomic mass is 10.0. The molecule has 0 aromatic rings. The SMILES string of the molecule is CCC(=O)NCC(C(C)C)N1CCN(C)CC1. The Morgan fingerprint density at radius 1 is 1.24 bits per heavy atom. The van der Waals surface area contributed by atoms with E-state index in [-0.39, 0.29) is 5.91 Å². The molecule has 1 saturated heterocycles. The first-order valence-corrected chi connectivity index (χ1v) is 6.73. The van der Waals surface area contributed by atoms with Crippen molar-refractivity contribution in [3.8, 4) is 0 Å². The molecule has 1 heterocycles. The predicted octanol–water partition coefficient (Wildman–Crippen LogP) is 0.785. The van der Waals surface area contributed by atoms with Crippen molar-refractivity contribution in [1.29, 1.82) is 0 Å². The van der Waals surface area contributed by atoms with Crippen LogP contribution in [-0.4, -0.2) is 61.5 Å². The fraction of sp³-hybridized carbons (Fsp3) is 0.923. The molecule has 0 saturated carbocycles. The van der Waals surface area contributed by atoms with Crippen molar-refractivity contribution < 1.29 is 4.79 Å². The van der Waals surface area contributed by atoms with Crippen molar-refractivity contribution in [2.45, 2.75) is 33.2 Å². The van der Waals surface area contributed by atoms with Crippen LogP contribution in [-0.2, 0) is 4.79 Å². The monoisotopic (exact) mass is 241 g/mol. The molecule has 1 amide bonds. The number of carbonyl (C=O) groups is 1. The first-order valence-electron chi connectivity index (χ1n) is 6.73. The molecule has 1 fully saturated rings. The van der Waals surface area contributed by atoms with Crippen LogP contribution in [0.3, 0.4) is 0 Å². The maximum absolute atomic E-state index is 11.3. The number of likely N-dealkylation sites (N-methyl/N-ethyl adjacent to an activating group) is 1. The molecule has 0 aromatic carbocycles. The minimum atomic E-state index is 0.157. The van der Waals surface area contributed by atoms with Gasteiger partial charge in [-0.25, -0.2) is 0 Å². The van der Waals surface area contributed by atoms with Gasteiger partial charge in [-0.15, -0.1) is 0 Å². The number of rotatable bonds is 5. The van der Waals surface area contributed by atoms with E-state index in [2.05, 4.69) is 36.0 Å². The van der Waals surface area contributed by atoms with E-state index < -0.39 is 0 Å². The Morgan fingerprint density at radius 2 is 1.82 bits per heavy atom. The van der Waals surface area contributed by atoms with Crippen molar-refractivity contribution in [1.82, 2.24) is 15.1 Å². The molecule has 1 N–H and O–H groups in total. The lowest BCUT2D eigenvalue weighted by molar-refractivity contribution is -0.121. The fourth-order valence-electron chi connectivity index (χ4n) is 2.28. The van der Waals surface area contributed by atoms with Crippen LogP contribution in [0.15, 0.2) is 0 Å².